The first kappa shape index (κ1) is 23.2. The molecule has 0 amide bonds. The molecule has 1 aliphatic carbocycles. The highest BCUT2D eigenvalue weighted by Gasteiger charge is 2.32. The van der Waals surface area contributed by atoms with Crippen LogP contribution >= 0.6 is 0 Å². The second-order valence-electron chi connectivity index (χ2n) is 11.8. The number of hydrogen-bond donors (Lipinski definition) is 0. The van der Waals surface area contributed by atoms with Crippen LogP contribution in [0, 0.1) is 0 Å². The Kier molecular flexibility index (Phi) is 5.03. The molecule has 40 heavy (non-hydrogen) atoms. The summed E-state index contributed by atoms with van der Waals surface area (Å²) in [6, 6.07) is 49.6. The molecule has 0 bridgehead atoms. The Labute approximate surface area is 235 Å². The zero-order valence-corrected chi connectivity index (χ0v) is 22.9. The molecule has 0 unspecified atom stereocenters. The van der Waals surface area contributed by atoms with Crippen LogP contribution in [-0.4, -0.2) is 0 Å². The third-order valence-corrected chi connectivity index (χ3v) is 9.12. The van der Waals surface area contributed by atoms with Gasteiger partial charge in [-0.3, -0.25) is 0 Å². The van der Waals surface area contributed by atoms with E-state index in [0.717, 1.165) is 6.42 Å². The van der Waals surface area contributed by atoms with E-state index < -0.39 is 0 Å². The molecule has 0 radical (unpaired) electrons. The molecule has 0 spiro atoms. The predicted molar refractivity (Wildman–Crippen MR) is 171 cm³/mol. The van der Waals surface area contributed by atoms with Crippen molar-refractivity contribution in [2.24, 2.45) is 0 Å². The molecule has 0 heterocycles. The molecular weight excluding hydrogens is 480 g/mol. The van der Waals surface area contributed by atoms with Gasteiger partial charge in [-0.1, -0.05) is 135 Å². The van der Waals surface area contributed by atoms with E-state index in [1.54, 1.807) is 0 Å². The third kappa shape index (κ3) is 3.46. The molecule has 0 heteroatoms. The first-order chi connectivity index (χ1) is 19.6. The van der Waals surface area contributed by atoms with Gasteiger partial charge in [-0.25, -0.2) is 0 Å². The lowest BCUT2D eigenvalue weighted by molar-refractivity contribution is 0.611. The molecule has 8 rings (SSSR count). The number of hydrogen-bond acceptors (Lipinski definition) is 0. The minimum Gasteiger partial charge on any atom is -0.0620 e. The quantitative estimate of drug-likeness (QED) is 0.203. The first-order valence-corrected chi connectivity index (χ1v) is 14.2. The highest BCUT2D eigenvalue weighted by Crippen LogP contribution is 2.43. The zero-order chi connectivity index (χ0) is 26.8. The van der Waals surface area contributed by atoms with E-state index in [2.05, 4.69) is 147 Å². The van der Waals surface area contributed by atoms with Gasteiger partial charge in [-0.2, -0.15) is 0 Å². The van der Waals surface area contributed by atoms with Gasteiger partial charge in [0.2, 0.25) is 0 Å². The van der Waals surface area contributed by atoms with Crippen LogP contribution in [0.1, 0.15) is 36.1 Å². The van der Waals surface area contributed by atoms with Crippen LogP contribution in [0.2, 0.25) is 0 Å². The van der Waals surface area contributed by atoms with Crippen molar-refractivity contribution in [1.29, 1.82) is 0 Å². The predicted octanol–water partition coefficient (Wildman–Crippen LogP) is 10.7. The van der Waals surface area contributed by atoms with Crippen LogP contribution in [0.5, 0.6) is 0 Å². The summed E-state index contributed by atoms with van der Waals surface area (Å²) in [6.45, 7) is 4.72. The van der Waals surface area contributed by atoms with E-state index >= 15 is 0 Å². The van der Waals surface area contributed by atoms with E-state index in [0.29, 0.717) is 0 Å². The molecule has 0 saturated heterocycles. The van der Waals surface area contributed by atoms with Gasteiger partial charge in [0.05, 0.1) is 0 Å². The summed E-state index contributed by atoms with van der Waals surface area (Å²) >= 11 is 0. The summed E-state index contributed by atoms with van der Waals surface area (Å²) < 4.78 is 0. The molecule has 1 aliphatic rings. The number of benzene rings is 7. The molecule has 0 N–H and O–H groups in total. The molecule has 7 aromatic carbocycles. The molecule has 0 aromatic heterocycles. The van der Waals surface area contributed by atoms with Crippen molar-refractivity contribution in [3.63, 3.8) is 0 Å². The van der Waals surface area contributed by atoms with Gasteiger partial charge < -0.3 is 0 Å². The molecule has 0 fully saturated rings. The highest BCUT2D eigenvalue weighted by atomic mass is 14.4. The van der Waals surface area contributed by atoms with E-state index in [1.807, 2.05) is 0 Å². The lowest BCUT2D eigenvalue weighted by Gasteiger charge is -2.35. The van der Waals surface area contributed by atoms with Crippen LogP contribution < -0.4 is 0 Å². The Bertz CT molecular complexity index is 2070. The monoisotopic (exact) mass is 510 g/mol. The molecule has 7 aromatic rings. The minimum absolute atomic E-state index is 0.0165. The molecule has 0 atom stereocenters. The van der Waals surface area contributed by atoms with Crippen molar-refractivity contribution < 1.29 is 0 Å². The van der Waals surface area contributed by atoms with Crippen LogP contribution in [-0.2, 0) is 11.8 Å². The summed E-state index contributed by atoms with van der Waals surface area (Å²) in [6.07, 6.45) is 0.994. The molecule has 0 aliphatic heterocycles. The average molecular weight is 511 g/mol. The number of rotatable bonds is 2. The molecule has 0 nitrogen and oxygen atoms in total. The lowest BCUT2D eigenvalue weighted by atomic mass is 9.68. The topological polar surface area (TPSA) is 0 Å². The lowest BCUT2D eigenvalue weighted by Crippen LogP contribution is -2.26. The van der Waals surface area contributed by atoms with Crippen LogP contribution in [0.25, 0.3) is 54.6 Å². The van der Waals surface area contributed by atoms with Crippen LogP contribution in [0.4, 0.5) is 0 Å². The zero-order valence-electron chi connectivity index (χ0n) is 22.9. The fraction of sp³-hybridized carbons (Fsp3) is 0.100. The van der Waals surface area contributed by atoms with Gasteiger partial charge in [0, 0.05) is 5.41 Å². The maximum Gasteiger partial charge on any atom is 0.0152 e. The van der Waals surface area contributed by atoms with Gasteiger partial charge in [-0.15, -0.1) is 0 Å². The molecule has 190 valence electrons. The van der Waals surface area contributed by atoms with Crippen LogP contribution in [0.3, 0.4) is 0 Å². The van der Waals surface area contributed by atoms with Crippen molar-refractivity contribution >= 4 is 32.3 Å². The van der Waals surface area contributed by atoms with Crippen LogP contribution in [0.15, 0.2) is 133 Å². The maximum atomic E-state index is 2.42. The van der Waals surface area contributed by atoms with Crippen molar-refractivity contribution in [3.8, 4) is 22.3 Å². The van der Waals surface area contributed by atoms with Gasteiger partial charge >= 0.3 is 0 Å². The standard InChI is InChI=1S/C40H30/c1-40(2)38-17-8-3-10-30(38)24-31-23-28(19-21-39(31)40)26-11-9-12-27(22-26)29-18-20-36-34-15-5-4-13-32(34)33-14-6-7-16-35(33)37(36)25-29/h3-23,25H,24H2,1-2H3. The smallest absolute Gasteiger partial charge is 0.0152 e. The maximum absolute atomic E-state index is 2.42. The van der Waals surface area contributed by atoms with E-state index in [-0.39, 0.29) is 5.41 Å². The third-order valence-electron chi connectivity index (χ3n) is 9.12. The summed E-state index contributed by atoms with van der Waals surface area (Å²) in [5.41, 5.74) is 10.9. The Morgan fingerprint density at radius 1 is 0.375 bits per heavy atom. The fourth-order valence-electron chi connectivity index (χ4n) is 7.13. The van der Waals surface area contributed by atoms with Crippen molar-refractivity contribution in [3.05, 3.63) is 156 Å². The largest absolute Gasteiger partial charge is 0.0620 e. The first-order valence-electron chi connectivity index (χ1n) is 14.2. The Morgan fingerprint density at radius 2 is 0.875 bits per heavy atom. The van der Waals surface area contributed by atoms with Gasteiger partial charge in [0.25, 0.3) is 0 Å². The van der Waals surface area contributed by atoms with E-state index in [9.17, 15) is 0 Å². The summed E-state index contributed by atoms with van der Waals surface area (Å²) in [7, 11) is 0. The molecule has 0 saturated carbocycles. The van der Waals surface area contributed by atoms with E-state index in [1.165, 1.54) is 76.8 Å². The van der Waals surface area contributed by atoms with Crippen molar-refractivity contribution in [2.75, 3.05) is 0 Å². The van der Waals surface area contributed by atoms with Crippen molar-refractivity contribution in [2.45, 2.75) is 25.7 Å². The van der Waals surface area contributed by atoms with E-state index in [4.69, 9.17) is 0 Å². The fourth-order valence-corrected chi connectivity index (χ4v) is 7.13. The normalized spacial score (nSPS) is 13.8. The van der Waals surface area contributed by atoms with Gasteiger partial charge in [0.15, 0.2) is 0 Å². The average Bonchev–Trinajstić information content (AvgIpc) is 3.01. The molecular formula is C40H30. The number of fused-ring (bicyclic) bond motifs is 8. The summed E-state index contributed by atoms with van der Waals surface area (Å²) in [5, 5.41) is 7.88. The second-order valence-corrected chi connectivity index (χ2v) is 11.8. The summed E-state index contributed by atoms with van der Waals surface area (Å²) in [4.78, 5) is 0. The Morgan fingerprint density at radius 3 is 1.57 bits per heavy atom. The Balaban J connectivity index is 1.25. The highest BCUT2D eigenvalue weighted by molar-refractivity contribution is 6.25. The summed E-state index contributed by atoms with van der Waals surface area (Å²) in [5.74, 6) is 0. The van der Waals surface area contributed by atoms with Crippen molar-refractivity contribution in [1.82, 2.24) is 0 Å². The Hall–Kier alpha value is -4.68. The van der Waals surface area contributed by atoms with Gasteiger partial charge in [-0.05, 0) is 95.4 Å². The minimum atomic E-state index is 0.0165. The second kappa shape index (κ2) is 8.66. The van der Waals surface area contributed by atoms with Gasteiger partial charge in [0.1, 0.15) is 0 Å². The SMILES string of the molecule is CC1(C)c2ccccc2Cc2cc(-c3cccc(-c4ccc5c6ccccc6c6ccccc6c5c4)c3)ccc21.